The van der Waals surface area contributed by atoms with Gasteiger partial charge in [0, 0.05) is 35.5 Å². The molecule has 5 rings (SSSR count). The topological polar surface area (TPSA) is 83.8 Å². The molecule has 0 N–H and O–H groups in total. The van der Waals surface area contributed by atoms with Crippen molar-refractivity contribution in [1.29, 1.82) is 0 Å². The number of benzene rings is 4. The third-order valence-corrected chi connectivity index (χ3v) is 8.15. The maximum absolute atomic E-state index is 14.1. The van der Waals surface area contributed by atoms with Gasteiger partial charge in [-0.15, -0.1) is 0 Å². The van der Waals surface area contributed by atoms with Crippen LogP contribution in [0.15, 0.2) is 97.1 Å². The molecule has 0 aromatic heterocycles. The molecule has 218 valence electrons. The van der Waals surface area contributed by atoms with Crippen LogP contribution in [0.5, 0.6) is 0 Å². The predicted molar refractivity (Wildman–Crippen MR) is 171 cm³/mol. The second kappa shape index (κ2) is 12.4. The first-order valence-corrected chi connectivity index (χ1v) is 14.5. The van der Waals surface area contributed by atoms with E-state index < -0.39 is 4.92 Å². The fourth-order valence-corrected chi connectivity index (χ4v) is 5.85. The van der Waals surface area contributed by atoms with Gasteiger partial charge in [-0.3, -0.25) is 19.7 Å². The largest absolute Gasteiger partial charge is 0.305 e. The van der Waals surface area contributed by atoms with Gasteiger partial charge >= 0.3 is 0 Å². The van der Waals surface area contributed by atoms with E-state index in [0.717, 1.165) is 34.5 Å². The Morgan fingerprint density at radius 2 is 1.60 bits per heavy atom. The van der Waals surface area contributed by atoms with Crippen LogP contribution in [0.4, 0.5) is 17.1 Å². The molecule has 2 atom stereocenters. The Labute approximate surface area is 252 Å². The second-order valence-electron chi connectivity index (χ2n) is 11.0. The molecule has 1 heterocycles. The lowest BCUT2D eigenvalue weighted by Crippen LogP contribution is -2.48. The Morgan fingerprint density at radius 1 is 0.930 bits per heavy atom. The average molecular weight is 574 g/mol. The normalized spacial score (nSPS) is 16.1. The summed E-state index contributed by atoms with van der Waals surface area (Å²) >= 11 is 0. The number of para-hydroxylation sites is 2. The Balaban J connectivity index is 1.56. The molecule has 0 saturated heterocycles. The summed E-state index contributed by atoms with van der Waals surface area (Å²) in [5, 5.41) is 11.1. The summed E-state index contributed by atoms with van der Waals surface area (Å²) in [5.41, 5.74) is 6.95. The molecular formula is C36H35N3O4. The number of hydrogen-bond acceptors (Lipinski definition) is 4. The van der Waals surface area contributed by atoms with E-state index in [0.29, 0.717) is 17.5 Å². The van der Waals surface area contributed by atoms with Gasteiger partial charge in [-0.25, -0.2) is 0 Å². The zero-order valence-electron chi connectivity index (χ0n) is 24.9. The maximum atomic E-state index is 14.1. The van der Waals surface area contributed by atoms with Crippen LogP contribution in [0.25, 0.3) is 6.08 Å². The quantitative estimate of drug-likeness (QED) is 0.127. The van der Waals surface area contributed by atoms with Crippen molar-refractivity contribution in [3.05, 3.63) is 141 Å². The molecule has 0 unspecified atom stereocenters. The number of non-ortho nitro benzene ring substituents is 1. The number of fused-ring (bicyclic) bond motifs is 1. The number of anilines is 2. The molecule has 1 aliphatic rings. The summed E-state index contributed by atoms with van der Waals surface area (Å²) in [6.07, 6.45) is 4.64. The van der Waals surface area contributed by atoms with Crippen molar-refractivity contribution in [1.82, 2.24) is 0 Å². The standard InChI is InChI=1S/C36H35N3O4/c1-5-27-13-18-29(19-14-27)36(41)37-26(4)23-33(31-11-8-10-25(3)35(31)37)38(32-12-7-6-9-24(32)2)34(40)22-17-28-15-20-30(21-16-28)39(42)43/h6-22,26,33H,5,23H2,1-4H3/b22-17+/t26-,33+/m1/s1. The van der Waals surface area contributed by atoms with Crippen molar-refractivity contribution in [2.75, 3.05) is 9.80 Å². The van der Waals surface area contributed by atoms with Gasteiger partial charge in [-0.05, 0) is 97.8 Å². The number of nitrogens with zero attached hydrogens (tertiary/aromatic N) is 3. The van der Waals surface area contributed by atoms with Gasteiger partial charge in [0.15, 0.2) is 0 Å². The smallest absolute Gasteiger partial charge is 0.269 e. The molecule has 2 amide bonds. The van der Waals surface area contributed by atoms with E-state index in [-0.39, 0.29) is 29.6 Å². The van der Waals surface area contributed by atoms with Crippen LogP contribution >= 0.6 is 0 Å². The minimum atomic E-state index is -0.448. The lowest BCUT2D eigenvalue weighted by Gasteiger charge is -2.44. The fraction of sp³-hybridized carbons (Fsp3) is 0.222. The van der Waals surface area contributed by atoms with E-state index in [1.54, 1.807) is 18.2 Å². The Morgan fingerprint density at radius 3 is 2.26 bits per heavy atom. The highest BCUT2D eigenvalue weighted by Gasteiger charge is 2.39. The Kier molecular flexibility index (Phi) is 8.53. The summed E-state index contributed by atoms with van der Waals surface area (Å²) < 4.78 is 0. The van der Waals surface area contributed by atoms with Crippen molar-refractivity contribution in [2.24, 2.45) is 0 Å². The third-order valence-electron chi connectivity index (χ3n) is 8.15. The molecule has 0 spiro atoms. The van der Waals surface area contributed by atoms with E-state index in [9.17, 15) is 19.7 Å². The Bertz CT molecular complexity index is 1690. The Hall–Kier alpha value is -5.04. The number of nitro groups is 1. The molecule has 4 aromatic rings. The van der Waals surface area contributed by atoms with Crippen LogP contribution in [0, 0.1) is 24.0 Å². The van der Waals surface area contributed by atoms with E-state index in [1.165, 1.54) is 23.8 Å². The first kappa shape index (κ1) is 29.5. The zero-order chi connectivity index (χ0) is 30.7. The van der Waals surface area contributed by atoms with Gasteiger partial charge in [-0.2, -0.15) is 0 Å². The first-order valence-electron chi connectivity index (χ1n) is 14.5. The van der Waals surface area contributed by atoms with E-state index >= 15 is 0 Å². The van der Waals surface area contributed by atoms with E-state index in [2.05, 4.69) is 6.92 Å². The molecule has 0 aliphatic carbocycles. The van der Waals surface area contributed by atoms with E-state index in [4.69, 9.17) is 0 Å². The predicted octanol–water partition coefficient (Wildman–Crippen LogP) is 8.00. The minimum Gasteiger partial charge on any atom is -0.305 e. The summed E-state index contributed by atoms with van der Waals surface area (Å²) in [6.45, 7) is 8.11. The monoisotopic (exact) mass is 573 g/mol. The number of rotatable bonds is 7. The van der Waals surface area contributed by atoms with Crippen LogP contribution in [0.3, 0.4) is 0 Å². The second-order valence-corrected chi connectivity index (χ2v) is 11.0. The summed E-state index contributed by atoms with van der Waals surface area (Å²) in [5.74, 6) is -0.275. The highest BCUT2D eigenvalue weighted by atomic mass is 16.6. The van der Waals surface area contributed by atoms with Crippen LogP contribution in [-0.4, -0.2) is 22.8 Å². The van der Waals surface area contributed by atoms with Gasteiger partial charge in [0.2, 0.25) is 0 Å². The van der Waals surface area contributed by atoms with Crippen LogP contribution in [0.1, 0.15) is 64.5 Å². The third kappa shape index (κ3) is 5.97. The zero-order valence-corrected chi connectivity index (χ0v) is 24.9. The van der Waals surface area contributed by atoms with Gasteiger partial charge < -0.3 is 9.80 Å². The number of carbonyl (C=O) groups excluding carboxylic acids is 2. The van der Waals surface area contributed by atoms with Crippen LogP contribution in [-0.2, 0) is 11.2 Å². The summed E-state index contributed by atoms with van der Waals surface area (Å²) in [6, 6.07) is 27.1. The molecule has 1 aliphatic heterocycles. The summed E-state index contributed by atoms with van der Waals surface area (Å²) in [7, 11) is 0. The lowest BCUT2D eigenvalue weighted by atomic mass is 9.87. The van der Waals surface area contributed by atoms with Crippen LogP contribution < -0.4 is 9.80 Å². The van der Waals surface area contributed by atoms with Gasteiger partial charge in [-0.1, -0.05) is 55.5 Å². The average Bonchev–Trinajstić information content (AvgIpc) is 3.01. The first-order chi connectivity index (χ1) is 20.7. The maximum Gasteiger partial charge on any atom is 0.269 e. The number of carbonyl (C=O) groups is 2. The van der Waals surface area contributed by atoms with Crippen LogP contribution in [0.2, 0.25) is 0 Å². The van der Waals surface area contributed by atoms with Crippen molar-refractivity contribution in [2.45, 2.75) is 52.6 Å². The lowest BCUT2D eigenvalue weighted by molar-refractivity contribution is -0.384. The molecule has 0 bridgehead atoms. The SMILES string of the molecule is CCc1ccc(C(=O)N2c3c(C)cccc3[C@@H](N(C(=O)/C=C/c3ccc([N+](=O)[O-])cc3)c3ccccc3C)C[C@H]2C)cc1. The summed E-state index contributed by atoms with van der Waals surface area (Å²) in [4.78, 5) is 42.4. The molecule has 0 radical (unpaired) electrons. The molecule has 43 heavy (non-hydrogen) atoms. The van der Waals surface area contributed by atoms with Gasteiger partial charge in [0.25, 0.3) is 17.5 Å². The van der Waals surface area contributed by atoms with Crippen molar-refractivity contribution in [3.63, 3.8) is 0 Å². The molecule has 7 heteroatoms. The number of nitro benzene ring substituents is 1. The fourth-order valence-electron chi connectivity index (χ4n) is 5.85. The highest BCUT2D eigenvalue weighted by molar-refractivity contribution is 6.09. The minimum absolute atomic E-state index is 0.00593. The molecule has 0 saturated carbocycles. The van der Waals surface area contributed by atoms with Crippen molar-refractivity contribution < 1.29 is 14.5 Å². The molecular weight excluding hydrogens is 538 g/mol. The van der Waals surface area contributed by atoms with Gasteiger partial charge in [0.05, 0.1) is 16.7 Å². The molecule has 7 nitrogen and oxygen atoms in total. The van der Waals surface area contributed by atoms with Crippen molar-refractivity contribution >= 4 is 35.0 Å². The highest BCUT2D eigenvalue weighted by Crippen LogP contribution is 2.45. The van der Waals surface area contributed by atoms with E-state index in [1.807, 2.05) is 97.3 Å². The number of hydrogen-bond donors (Lipinski definition) is 0. The molecule has 0 fully saturated rings. The number of aryl methyl sites for hydroxylation is 3. The molecule has 4 aromatic carbocycles. The number of amides is 2. The van der Waals surface area contributed by atoms with Crippen molar-refractivity contribution in [3.8, 4) is 0 Å². The van der Waals surface area contributed by atoms with Gasteiger partial charge in [0.1, 0.15) is 0 Å².